The van der Waals surface area contributed by atoms with Crippen LogP contribution >= 0.6 is 0 Å². The molecule has 2 aromatic rings. The molecule has 3 rings (SSSR count). The largest absolute Gasteiger partial charge is 0.382 e. The minimum Gasteiger partial charge on any atom is -0.382 e. The van der Waals surface area contributed by atoms with E-state index in [0.717, 1.165) is 28.8 Å². The van der Waals surface area contributed by atoms with Crippen LogP contribution < -0.4 is 5.32 Å². The summed E-state index contributed by atoms with van der Waals surface area (Å²) in [5.41, 5.74) is 2.23. The molecule has 4 heteroatoms. The van der Waals surface area contributed by atoms with Gasteiger partial charge in [0.15, 0.2) is 5.82 Å². The van der Waals surface area contributed by atoms with Gasteiger partial charge in [0.1, 0.15) is 5.82 Å². The maximum atomic E-state index is 4.46. The Morgan fingerprint density at radius 2 is 2.00 bits per heavy atom. The van der Waals surface area contributed by atoms with E-state index in [4.69, 9.17) is 0 Å². The van der Waals surface area contributed by atoms with E-state index < -0.39 is 0 Å². The van der Waals surface area contributed by atoms with Gasteiger partial charge >= 0.3 is 0 Å². The second-order valence-electron chi connectivity index (χ2n) is 6.24. The van der Waals surface area contributed by atoms with Gasteiger partial charge in [-0.3, -0.25) is 5.10 Å². The van der Waals surface area contributed by atoms with E-state index in [1.165, 1.54) is 32.1 Å². The molecule has 1 aliphatic carbocycles. The molecule has 0 aliphatic heterocycles. The zero-order chi connectivity index (χ0) is 14.7. The molecule has 0 amide bonds. The monoisotopic (exact) mass is 284 g/mol. The van der Waals surface area contributed by atoms with Crippen molar-refractivity contribution < 1.29 is 0 Å². The maximum absolute atomic E-state index is 4.46. The lowest BCUT2D eigenvalue weighted by atomic mass is 10.0. The zero-order valence-electron chi connectivity index (χ0n) is 12.9. The third-order valence-electron chi connectivity index (χ3n) is 4.38. The number of nitrogens with zero attached hydrogens (tertiary/aromatic N) is 2. The highest BCUT2D eigenvalue weighted by Gasteiger charge is 2.18. The van der Waals surface area contributed by atoms with Crippen molar-refractivity contribution in [1.29, 1.82) is 0 Å². The predicted octanol–water partition coefficient (Wildman–Crippen LogP) is 4.16. The maximum Gasteiger partial charge on any atom is 0.183 e. The topological polar surface area (TPSA) is 53.6 Å². The van der Waals surface area contributed by atoms with Crippen LogP contribution in [0.2, 0.25) is 0 Å². The van der Waals surface area contributed by atoms with Crippen LogP contribution in [0.5, 0.6) is 0 Å². The van der Waals surface area contributed by atoms with Crippen molar-refractivity contribution >= 4 is 5.69 Å². The molecule has 0 bridgehead atoms. The number of hydrogen-bond acceptors (Lipinski definition) is 3. The summed E-state index contributed by atoms with van der Waals surface area (Å²) in [5, 5.41) is 10.9. The Hall–Kier alpha value is -1.84. The number of aromatic amines is 1. The lowest BCUT2D eigenvalue weighted by Gasteiger charge is -2.19. The molecular formula is C17H24N4. The van der Waals surface area contributed by atoms with Gasteiger partial charge in [-0.05, 0) is 44.2 Å². The Bertz CT molecular complexity index is 590. The molecule has 2 atom stereocenters. The molecule has 1 aliphatic rings. The molecule has 0 radical (unpaired) electrons. The van der Waals surface area contributed by atoms with Gasteiger partial charge < -0.3 is 5.32 Å². The number of benzene rings is 1. The van der Waals surface area contributed by atoms with Gasteiger partial charge in [-0.25, -0.2) is 4.98 Å². The first-order valence-corrected chi connectivity index (χ1v) is 7.97. The van der Waals surface area contributed by atoms with Crippen LogP contribution in [-0.4, -0.2) is 21.2 Å². The molecule has 1 aromatic heterocycles. The second-order valence-corrected chi connectivity index (χ2v) is 6.24. The lowest BCUT2D eigenvalue weighted by molar-refractivity contribution is 0.502. The molecule has 1 heterocycles. The Morgan fingerprint density at radius 1 is 1.14 bits per heavy atom. The van der Waals surface area contributed by atoms with Gasteiger partial charge in [0, 0.05) is 17.3 Å². The highest BCUT2D eigenvalue weighted by molar-refractivity contribution is 5.73. The number of anilines is 1. The highest BCUT2D eigenvalue weighted by atomic mass is 15.2. The lowest BCUT2D eigenvalue weighted by Crippen LogP contribution is -2.19. The second kappa shape index (κ2) is 6.29. The normalized spacial score (nSPS) is 22.8. The van der Waals surface area contributed by atoms with Crippen LogP contribution in [0.4, 0.5) is 5.69 Å². The highest BCUT2D eigenvalue weighted by Crippen LogP contribution is 2.29. The third kappa shape index (κ3) is 3.43. The van der Waals surface area contributed by atoms with Crippen LogP contribution in [0.25, 0.3) is 11.4 Å². The molecule has 1 fully saturated rings. The van der Waals surface area contributed by atoms with E-state index >= 15 is 0 Å². The third-order valence-corrected chi connectivity index (χ3v) is 4.38. The average Bonchev–Trinajstić information content (AvgIpc) is 2.81. The summed E-state index contributed by atoms with van der Waals surface area (Å²) >= 11 is 0. The van der Waals surface area contributed by atoms with Crippen molar-refractivity contribution in [3.8, 4) is 11.4 Å². The summed E-state index contributed by atoms with van der Waals surface area (Å²) in [6.07, 6.45) is 6.51. The van der Waals surface area contributed by atoms with E-state index in [9.17, 15) is 0 Å². The Morgan fingerprint density at radius 3 is 2.81 bits per heavy atom. The Balaban J connectivity index is 1.79. The number of aromatic nitrogens is 3. The molecular weight excluding hydrogens is 260 g/mol. The SMILES string of the molecule is Cc1nc(-c2ccccc2NC2CCCC(C)CC2)n[nH]1. The summed E-state index contributed by atoms with van der Waals surface area (Å²) in [6, 6.07) is 8.90. The van der Waals surface area contributed by atoms with Crippen molar-refractivity contribution in [2.24, 2.45) is 5.92 Å². The van der Waals surface area contributed by atoms with Crippen LogP contribution in [-0.2, 0) is 0 Å². The number of aryl methyl sites for hydroxylation is 1. The predicted molar refractivity (Wildman–Crippen MR) is 86.2 cm³/mol. The quantitative estimate of drug-likeness (QED) is 0.832. The van der Waals surface area contributed by atoms with Gasteiger partial charge in [-0.15, -0.1) is 0 Å². The molecule has 4 nitrogen and oxygen atoms in total. The Kier molecular flexibility index (Phi) is 4.23. The zero-order valence-corrected chi connectivity index (χ0v) is 12.9. The number of rotatable bonds is 3. The molecule has 112 valence electrons. The van der Waals surface area contributed by atoms with Crippen LogP contribution in [0.1, 0.15) is 44.9 Å². The van der Waals surface area contributed by atoms with Crippen molar-refractivity contribution in [2.75, 3.05) is 5.32 Å². The molecule has 0 saturated heterocycles. The summed E-state index contributed by atoms with van der Waals surface area (Å²) in [5.74, 6) is 2.49. The van der Waals surface area contributed by atoms with E-state index in [-0.39, 0.29) is 0 Å². The van der Waals surface area contributed by atoms with E-state index in [0.29, 0.717) is 6.04 Å². The van der Waals surface area contributed by atoms with Gasteiger partial charge in [0.25, 0.3) is 0 Å². The molecule has 1 saturated carbocycles. The molecule has 1 aromatic carbocycles. The first-order valence-electron chi connectivity index (χ1n) is 7.97. The van der Waals surface area contributed by atoms with Crippen LogP contribution in [0, 0.1) is 12.8 Å². The van der Waals surface area contributed by atoms with Crippen molar-refractivity contribution in [1.82, 2.24) is 15.2 Å². The fourth-order valence-corrected chi connectivity index (χ4v) is 3.12. The molecule has 2 unspecified atom stereocenters. The minimum absolute atomic E-state index is 0.566. The number of nitrogens with one attached hydrogen (secondary N) is 2. The van der Waals surface area contributed by atoms with Gasteiger partial charge in [0.2, 0.25) is 0 Å². The van der Waals surface area contributed by atoms with E-state index in [1.54, 1.807) is 0 Å². The average molecular weight is 284 g/mol. The van der Waals surface area contributed by atoms with Crippen molar-refractivity contribution in [2.45, 2.75) is 52.0 Å². The fraction of sp³-hybridized carbons (Fsp3) is 0.529. The standard InChI is InChI=1S/C17H24N4/c1-12-6-5-7-14(11-10-12)19-16-9-4-3-8-15(16)17-18-13(2)20-21-17/h3-4,8-9,12,14,19H,5-7,10-11H2,1-2H3,(H,18,20,21). The smallest absolute Gasteiger partial charge is 0.183 e. The first-order chi connectivity index (χ1) is 10.2. The molecule has 21 heavy (non-hydrogen) atoms. The number of H-pyrrole nitrogens is 1. The number of hydrogen-bond donors (Lipinski definition) is 2. The van der Waals surface area contributed by atoms with Crippen molar-refractivity contribution in [3.05, 3.63) is 30.1 Å². The summed E-state index contributed by atoms with van der Waals surface area (Å²) in [4.78, 5) is 4.46. The summed E-state index contributed by atoms with van der Waals surface area (Å²) in [6.45, 7) is 4.30. The van der Waals surface area contributed by atoms with Crippen molar-refractivity contribution in [3.63, 3.8) is 0 Å². The van der Waals surface area contributed by atoms with Gasteiger partial charge in [0.05, 0.1) is 0 Å². The van der Waals surface area contributed by atoms with Gasteiger partial charge in [-0.2, -0.15) is 5.10 Å². The summed E-state index contributed by atoms with van der Waals surface area (Å²) < 4.78 is 0. The molecule has 2 N–H and O–H groups in total. The minimum atomic E-state index is 0.566. The van der Waals surface area contributed by atoms with Crippen LogP contribution in [0.15, 0.2) is 24.3 Å². The van der Waals surface area contributed by atoms with Crippen LogP contribution in [0.3, 0.4) is 0 Å². The first kappa shape index (κ1) is 14.1. The van der Waals surface area contributed by atoms with Gasteiger partial charge in [-0.1, -0.05) is 31.9 Å². The molecule has 0 spiro atoms. The fourth-order valence-electron chi connectivity index (χ4n) is 3.12. The van der Waals surface area contributed by atoms with E-state index in [1.807, 2.05) is 13.0 Å². The van der Waals surface area contributed by atoms with E-state index in [2.05, 4.69) is 45.6 Å². The Labute approximate surface area is 126 Å². The summed E-state index contributed by atoms with van der Waals surface area (Å²) in [7, 11) is 0. The number of para-hydroxylation sites is 1.